The highest BCUT2D eigenvalue weighted by atomic mass is 35.5. The Kier molecular flexibility index (Phi) is 6.97. The summed E-state index contributed by atoms with van der Waals surface area (Å²) in [6.07, 6.45) is 0. The van der Waals surface area contributed by atoms with Crippen LogP contribution in [0.2, 0.25) is 5.02 Å². The van der Waals surface area contributed by atoms with Crippen LogP contribution in [0, 0.1) is 0 Å². The van der Waals surface area contributed by atoms with Crippen LogP contribution in [0.15, 0.2) is 71.9 Å². The van der Waals surface area contributed by atoms with Crippen LogP contribution in [0.3, 0.4) is 0 Å². The number of nitrogens with zero attached hydrogens (tertiary/aromatic N) is 3. The van der Waals surface area contributed by atoms with Crippen molar-refractivity contribution >= 4 is 51.4 Å². The molecular formula is C24H24ClN5OS. The van der Waals surface area contributed by atoms with E-state index >= 15 is 0 Å². The summed E-state index contributed by atoms with van der Waals surface area (Å²) < 4.78 is 2.01. The lowest BCUT2D eigenvalue weighted by molar-refractivity contribution is -0.115. The van der Waals surface area contributed by atoms with Gasteiger partial charge in [-0.25, -0.2) is 0 Å². The molecule has 8 heteroatoms. The molecule has 0 saturated carbocycles. The zero-order valence-corrected chi connectivity index (χ0v) is 19.5. The first-order valence-electron chi connectivity index (χ1n) is 10.4. The van der Waals surface area contributed by atoms with Gasteiger partial charge in [-0.05, 0) is 37.4 Å². The zero-order chi connectivity index (χ0) is 22.5. The molecule has 1 amide bonds. The molecule has 1 aromatic heterocycles. The van der Waals surface area contributed by atoms with Crippen molar-refractivity contribution in [1.82, 2.24) is 14.8 Å². The van der Waals surface area contributed by atoms with E-state index in [1.807, 2.05) is 85.1 Å². The molecule has 0 aliphatic rings. The number of hydrogen-bond acceptors (Lipinski definition) is 5. The zero-order valence-electron chi connectivity index (χ0n) is 17.9. The van der Waals surface area contributed by atoms with E-state index in [4.69, 9.17) is 11.6 Å². The van der Waals surface area contributed by atoms with Crippen molar-refractivity contribution in [2.24, 2.45) is 0 Å². The van der Waals surface area contributed by atoms with Crippen LogP contribution in [-0.4, -0.2) is 25.9 Å². The van der Waals surface area contributed by atoms with Gasteiger partial charge in [0, 0.05) is 17.6 Å². The average molecular weight is 466 g/mol. The van der Waals surface area contributed by atoms with Crippen LogP contribution < -0.4 is 10.6 Å². The van der Waals surface area contributed by atoms with Crippen LogP contribution in [-0.2, 0) is 17.9 Å². The number of carbonyl (C=O) groups excluding carboxylic acids is 1. The van der Waals surface area contributed by atoms with E-state index in [9.17, 15) is 4.79 Å². The maximum atomic E-state index is 12.9. The van der Waals surface area contributed by atoms with Gasteiger partial charge in [0.1, 0.15) is 0 Å². The first-order chi connectivity index (χ1) is 15.6. The minimum atomic E-state index is -0.340. The second-order valence-corrected chi connectivity index (χ2v) is 8.97. The van der Waals surface area contributed by atoms with Gasteiger partial charge in [0.25, 0.3) is 0 Å². The topological polar surface area (TPSA) is 71.8 Å². The van der Waals surface area contributed by atoms with Crippen molar-refractivity contribution < 1.29 is 4.79 Å². The Morgan fingerprint density at radius 3 is 2.56 bits per heavy atom. The summed E-state index contributed by atoms with van der Waals surface area (Å²) in [5.74, 6) is 0.712. The highest BCUT2D eigenvalue weighted by molar-refractivity contribution is 8.00. The summed E-state index contributed by atoms with van der Waals surface area (Å²) in [6, 6.07) is 21.5. The van der Waals surface area contributed by atoms with E-state index in [1.54, 1.807) is 0 Å². The molecule has 164 valence electrons. The molecule has 3 aromatic carbocycles. The minimum absolute atomic E-state index is 0.0762. The van der Waals surface area contributed by atoms with Gasteiger partial charge in [-0.2, -0.15) is 0 Å². The van der Waals surface area contributed by atoms with E-state index in [0.29, 0.717) is 23.3 Å². The first-order valence-corrected chi connectivity index (χ1v) is 11.7. The normalized spacial score (nSPS) is 12.0. The average Bonchev–Trinajstić information content (AvgIpc) is 3.20. The summed E-state index contributed by atoms with van der Waals surface area (Å²) in [5, 5.41) is 18.1. The Morgan fingerprint density at radius 2 is 1.75 bits per heavy atom. The van der Waals surface area contributed by atoms with Crippen LogP contribution in [0.4, 0.5) is 11.4 Å². The van der Waals surface area contributed by atoms with E-state index in [0.717, 1.165) is 28.0 Å². The number of aromatic nitrogens is 3. The predicted octanol–water partition coefficient (Wildman–Crippen LogP) is 5.84. The number of thioether (sulfide) groups is 1. The summed E-state index contributed by atoms with van der Waals surface area (Å²) in [5.41, 5.74) is 1.65. The SMILES string of the molecule is CCn1c(CNc2ccccc2Cl)nnc1S[C@@H](C)C(=O)Nc1cccc2ccccc12. The fraction of sp³-hybridized carbons (Fsp3) is 0.208. The molecule has 1 heterocycles. The molecule has 1 atom stereocenters. The van der Waals surface area contributed by atoms with Crippen LogP contribution in [0.5, 0.6) is 0 Å². The minimum Gasteiger partial charge on any atom is -0.377 e. The molecule has 0 saturated heterocycles. The largest absolute Gasteiger partial charge is 0.377 e. The molecule has 4 aromatic rings. The molecule has 0 unspecified atom stereocenters. The summed E-state index contributed by atoms with van der Waals surface area (Å²) >= 11 is 7.62. The highest BCUT2D eigenvalue weighted by Gasteiger charge is 2.20. The summed E-state index contributed by atoms with van der Waals surface area (Å²) in [7, 11) is 0. The lowest BCUT2D eigenvalue weighted by Gasteiger charge is -2.14. The Bertz CT molecular complexity index is 1240. The van der Waals surface area contributed by atoms with E-state index in [1.165, 1.54) is 11.8 Å². The third-order valence-corrected chi connectivity index (χ3v) is 6.53. The van der Waals surface area contributed by atoms with Gasteiger partial charge >= 0.3 is 0 Å². The van der Waals surface area contributed by atoms with Crippen molar-refractivity contribution in [3.05, 3.63) is 77.6 Å². The van der Waals surface area contributed by atoms with Crippen molar-refractivity contribution in [1.29, 1.82) is 0 Å². The van der Waals surface area contributed by atoms with Crippen molar-refractivity contribution in [2.45, 2.75) is 37.3 Å². The van der Waals surface area contributed by atoms with Gasteiger partial charge in [0.2, 0.25) is 5.91 Å². The van der Waals surface area contributed by atoms with Crippen LogP contribution >= 0.6 is 23.4 Å². The lowest BCUT2D eigenvalue weighted by atomic mass is 10.1. The molecule has 0 aliphatic heterocycles. The molecule has 2 N–H and O–H groups in total. The summed E-state index contributed by atoms with van der Waals surface area (Å²) in [6.45, 7) is 5.10. The maximum Gasteiger partial charge on any atom is 0.237 e. The number of para-hydroxylation sites is 1. The van der Waals surface area contributed by atoms with E-state index < -0.39 is 0 Å². The molecule has 0 spiro atoms. The molecule has 0 bridgehead atoms. The number of anilines is 2. The van der Waals surface area contributed by atoms with Crippen LogP contribution in [0.1, 0.15) is 19.7 Å². The molecule has 32 heavy (non-hydrogen) atoms. The fourth-order valence-electron chi connectivity index (χ4n) is 3.41. The van der Waals surface area contributed by atoms with Gasteiger partial charge in [-0.1, -0.05) is 71.9 Å². The second kappa shape index (κ2) is 10.1. The molecule has 0 radical (unpaired) electrons. The molecule has 6 nitrogen and oxygen atoms in total. The van der Waals surface area contributed by atoms with E-state index in [2.05, 4.69) is 20.8 Å². The number of benzene rings is 3. The van der Waals surface area contributed by atoms with Gasteiger partial charge < -0.3 is 15.2 Å². The van der Waals surface area contributed by atoms with Gasteiger partial charge in [-0.15, -0.1) is 10.2 Å². The predicted molar refractivity (Wildman–Crippen MR) is 132 cm³/mol. The smallest absolute Gasteiger partial charge is 0.237 e. The van der Waals surface area contributed by atoms with Crippen molar-refractivity contribution in [3.8, 4) is 0 Å². The number of halogens is 1. The molecule has 0 fully saturated rings. The molecule has 4 rings (SSSR count). The maximum absolute atomic E-state index is 12.9. The van der Waals surface area contributed by atoms with Gasteiger partial charge in [-0.3, -0.25) is 4.79 Å². The Labute approximate surface area is 196 Å². The fourth-order valence-corrected chi connectivity index (χ4v) is 4.55. The lowest BCUT2D eigenvalue weighted by Crippen LogP contribution is -2.23. The number of rotatable bonds is 8. The Balaban J connectivity index is 1.44. The van der Waals surface area contributed by atoms with Crippen molar-refractivity contribution in [2.75, 3.05) is 10.6 Å². The quantitative estimate of drug-likeness (QED) is 0.320. The van der Waals surface area contributed by atoms with Crippen LogP contribution in [0.25, 0.3) is 10.8 Å². The second-order valence-electron chi connectivity index (χ2n) is 7.25. The molecule has 0 aliphatic carbocycles. The Morgan fingerprint density at radius 1 is 1.03 bits per heavy atom. The highest BCUT2D eigenvalue weighted by Crippen LogP contribution is 2.27. The first kappa shape index (κ1) is 22.2. The number of hydrogen-bond donors (Lipinski definition) is 2. The third-order valence-electron chi connectivity index (χ3n) is 5.12. The monoisotopic (exact) mass is 465 g/mol. The number of fused-ring (bicyclic) bond motifs is 1. The molecular weight excluding hydrogens is 442 g/mol. The van der Waals surface area contributed by atoms with Crippen molar-refractivity contribution in [3.63, 3.8) is 0 Å². The number of amides is 1. The van der Waals surface area contributed by atoms with Gasteiger partial charge in [0.05, 0.1) is 22.5 Å². The Hall–Kier alpha value is -3.03. The summed E-state index contributed by atoms with van der Waals surface area (Å²) in [4.78, 5) is 12.9. The number of nitrogens with one attached hydrogen (secondary N) is 2. The standard InChI is InChI=1S/C24H24ClN5OS/c1-3-30-22(15-26-21-13-7-6-12-19(21)25)28-29-24(30)32-16(2)23(31)27-20-14-8-10-17-9-4-5-11-18(17)20/h4-14,16,26H,3,15H2,1-2H3,(H,27,31)/t16-/m0/s1. The van der Waals surface area contributed by atoms with Gasteiger partial charge in [0.15, 0.2) is 11.0 Å². The number of carbonyl (C=O) groups is 1. The van der Waals surface area contributed by atoms with E-state index in [-0.39, 0.29) is 11.2 Å². The third kappa shape index (κ3) is 4.89.